The van der Waals surface area contributed by atoms with Gasteiger partial charge < -0.3 is 4.42 Å². The van der Waals surface area contributed by atoms with Crippen molar-refractivity contribution in [3.8, 4) is 11.5 Å². The number of aryl methyl sites for hydroxylation is 3. The van der Waals surface area contributed by atoms with E-state index in [2.05, 4.69) is 46.3 Å². The van der Waals surface area contributed by atoms with Crippen molar-refractivity contribution in [1.29, 1.82) is 0 Å². The zero-order chi connectivity index (χ0) is 14.1. The van der Waals surface area contributed by atoms with Crippen molar-refractivity contribution in [2.24, 2.45) is 0 Å². The van der Waals surface area contributed by atoms with E-state index in [9.17, 15) is 0 Å². The number of hydrogen-bond donors (Lipinski definition) is 0. The molecular formula is C15H16N4O. The molecule has 20 heavy (non-hydrogen) atoms. The summed E-state index contributed by atoms with van der Waals surface area (Å²) in [6.07, 6.45) is 1.44. The molecule has 3 rings (SSSR count). The van der Waals surface area contributed by atoms with E-state index in [4.69, 9.17) is 4.42 Å². The average molecular weight is 268 g/mol. The van der Waals surface area contributed by atoms with Gasteiger partial charge >= 0.3 is 0 Å². The van der Waals surface area contributed by atoms with Crippen LogP contribution in [0.25, 0.3) is 11.5 Å². The van der Waals surface area contributed by atoms with Gasteiger partial charge in [0.2, 0.25) is 0 Å². The van der Waals surface area contributed by atoms with Crippen LogP contribution in [0.4, 0.5) is 0 Å². The molecule has 0 aliphatic heterocycles. The SMILES string of the molecule is Cc1cccc(Cn2nc(C)nc2-c2ncoc2C)c1. The minimum absolute atomic E-state index is 0.671. The van der Waals surface area contributed by atoms with Gasteiger partial charge in [-0.05, 0) is 26.3 Å². The topological polar surface area (TPSA) is 56.7 Å². The van der Waals surface area contributed by atoms with Crippen LogP contribution in [0.1, 0.15) is 22.7 Å². The first-order valence-corrected chi connectivity index (χ1v) is 6.51. The van der Waals surface area contributed by atoms with Crippen molar-refractivity contribution in [2.75, 3.05) is 0 Å². The molecule has 0 bridgehead atoms. The van der Waals surface area contributed by atoms with E-state index in [1.807, 2.05) is 18.5 Å². The minimum Gasteiger partial charge on any atom is -0.448 e. The van der Waals surface area contributed by atoms with Gasteiger partial charge in [0.1, 0.15) is 17.3 Å². The van der Waals surface area contributed by atoms with Crippen molar-refractivity contribution >= 4 is 0 Å². The monoisotopic (exact) mass is 268 g/mol. The maximum atomic E-state index is 5.26. The van der Waals surface area contributed by atoms with Gasteiger partial charge in [0.05, 0.1) is 6.54 Å². The highest BCUT2D eigenvalue weighted by Gasteiger charge is 2.15. The Kier molecular flexibility index (Phi) is 3.10. The molecule has 0 atom stereocenters. The van der Waals surface area contributed by atoms with Crippen LogP contribution in [0.5, 0.6) is 0 Å². The van der Waals surface area contributed by atoms with Crippen LogP contribution >= 0.6 is 0 Å². The van der Waals surface area contributed by atoms with Crippen LogP contribution in [0.3, 0.4) is 0 Å². The van der Waals surface area contributed by atoms with Gasteiger partial charge in [-0.15, -0.1) is 0 Å². The molecule has 3 aromatic rings. The Labute approximate surface area is 117 Å². The summed E-state index contributed by atoms with van der Waals surface area (Å²) in [7, 11) is 0. The van der Waals surface area contributed by atoms with E-state index < -0.39 is 0 Å². The van der Waals surface area contributed by atoms with Crippen molar-refractivity contribution in [1.82, 2.24) is 19.7 Å². The Morgan fingerprint density at radius 3 is 2.75 bits per heavy atom. The Hall–Kier alpha value is -2.43. The van der Waals surface area contributed by atoms with E-state index >= 15 is 0 Å². The smallest absolute Gasteiger partial charge is 0.181 e. The largest absolute Gasteiger partial charge is 0.448 e. The highest BCUT2D eigenvalue weighted by atomic mass is 16.3. The van der Waals surface area contributed by atoms with Crippen LogP contribution in [-0.4, -0.2) is 19.7 Å². The molecule has 2 aromatic heterocycles. The molecule has 1 aromatic carbocycles. The maximum absolute atomic E-state index is 5.26. The van der Waals surface area contributed by atoms with Crippen molar-refractivity contribution in [3.63, 3.8) is 0 Å². The van der Waals surface area contributed by atoms with E-state index in [1.54, 1.807) is 0 Å². The lowest BCUT2D eigenvalue weighted by Crippen LogP contribution is -2.05. The minimum atomic E-state index is 0.671. The molecule has 0 fully saturated rings. The summed E-state index contributed by atoms with van der Waals surface area (Å²) in [5, 5.41) is 4.46. The maximum Gasteiger partial charge on any atom is 0.181 e. The summed E-state index contributed by atoms with van der Waals surface area (Å²) in [5.41, 5.74) is 3.18. The third-order valence-corrected chi connectivity index (χ3v) is 3.15. The molecule has 0 radical (unpaired) electrons. The number of rotatable bonds is 3. The average Bonchev–Trinajstić information content (AvgIpc) is 2.95. The number of benzene rings is 1. The molecule has 2 heterocycles. The molecule has 102 valence electrons. The van der Waals surface area contributed by atoms with Gasteiger partial charge in [0.25, 0.3) is 0 Å². The Bertz CT molecular complexity index is 742. The van der Waals surface area contributed by atoms with E-state index in [1.165, 1.54) is 17.5 Å². The fraction of sp³-hybridized carbons (Fsp3) is 0.267. The number of nitrogens with zero attached hydrogens (tertiary/aromatic N) is 4. The lowest BCUT2D eigenvalue weighted by molar-refractivity contribution is 0.527. The van der Waals surface area contributed by atoms with Crippen molar-refractivity contribution < 1.29 is 4.42 Å². The lowest BCUT2D eigenvalue weighted by Gasteiger charge is -2.05. The molecule has 0 N–H and O–H groups in total. The normalized spacial score (nSPS) is 10.9. The van der Waals surface area contributed by atoms with Gasteiger partial charge in [0, 0.05) is 0 Å². The van der Waals surface area contributed by atoms with Crippen LogP contribution in [0.15, 0.2) is 35.1 Å². The molecule has 0 unspecified atom stereocenters. The van der Waals surface area contributed by atoms with Gasteiger partial charge in [-0.3, -0.25) is 0 Å². The third kappa shape index (κ3) is 2.34. The van der Waals surface area contributed by atoms with Crippen LogP contribution in [-0.2, 0) is 6.54 Å². The molecule has 5 heteroatoms. The second kappa shape index (κ2) is 4.92. The fourth-order valence-corrected chi connectivity index (χ4v) is 2.24. The summed E-state index contributed by atoms with van der Waals surface area (Å²) < 4.78 is 7.13. The Morgan fingerprint density at radius 1 is 1.20 bits per heavy atom. The summed E-state index contributed by atoms with van der Waals surface area (Å²) in [6, 6.07) is 8.37. The predicted molar refractivity (Wildman–Crippen MR) is 75.3 cm³/mol. The summed E-state index contributed by atoms with van der Waals surface area (Å²) >= 11 is 0. The Balaban J connectivity index is 2.00. The van der Waals surface area contributed by atoms with E-state index in [0.29, 0.717) is 6.54 Å². The molecular weight excluding hydrogens is 252 g/mol. The van der Waals surface area contributed by atoms with E-state index in [0.717, 1.165) is 23.1 Å². The summed E-state index contributed by atoms with van der Waals surface area (Å²) in [4.78, 5) is 8.69. The molecule has 0 saturated carbocycles. The second-order valence-corrected chi connectivity index (χ2v) is 4.89. The number of aromatic nitrogens is 4. The predicted octanol–water partition coefficient (Wildman–Crippen LogP) is 2.91. The molecule has 0 spiro atoms. The zero-order valence-electron chi connectivity index (χ0n) is 11.8. The molecule has 5 nitrogen and oxygen atoms in total. The molecule has 0 amide bonds. The summed E-state index contributed by atoms with van der Waals surface area (Å²) in [5.74, 6) is 2.23. The van der Waals surface area contributed by atoms with Crippen molar-refractivity contribution in [2.45, 2.75) is 27.3 Å². The highest BCUT2D eigenvalue weighted by molar-refractivity contribution is 5.51. The van der Waals surface area contributed by atoms with Crippen LogP contribution in [0, 0.1) is 20.8 Å². The number of hydrogen-bond acceptors (Lipinski definition) is 4. The van der Waals surface area contributed by atoms with Crippen LogP contribution in [0.2, 0.25) is 0 Å². The first kappa shape index (κ1) is 12.6. The highest BCUT2D eigenvalue weighted by Crippen LogP contribution is 2.20. The number of oxazole rings is 1. The standard InChI is InChI=1S/C15H16N4O/c1-10-5-4-6-13(7-10)8-19-15(17-12(3)18-19)14-11(2)20-9-16-14/h4-7,9H,8H2,1-3H3. The van der Waals surface area contributed by atoms with E-state index in [-0.39, 0.29) is 0 Å². The van der Waals surface area contributed by atoms with Gasteiger partial charge in [-0.2, -0.15) is 5.10 Å². The zero-order valence-corrected chi connectivity index (χ0v) is 11.8. The van der Waals surface area contributed by atoms with Crippen molar-refractivity contribution in [3.05, 3.63) is 53.4 Å². The lowest BCUT2D eigenvalue weighted by atomic mass is 10.1. The fourth-order valence-electron chi connectivity index (χ4n) is 2.24. The van der Waals surface area contributed by atoms with Crippen LogP contribution < -0.4 is 0 Å². The van der Waals surface area contributed by atoms with Gasteiger partial charge in [-0.1, -0.05) is 29.8 Å². The van der Waals surface area contributed by atoms with Gasteiger partial charge in [0.15, 0.2) is 12.2 Å². The first-order valence-electron chi connectivity index (χ1n) is 6.51. The van der Waals surface area contributed by atoms with Gasteiger partial charge in [-0.25, -0.2) is 14.6 Å². The first-order chi connectivity index (χ1) is 9.63. The Morgan fingerprint density at radius 2 is 2.05 bits per heavy atom. The molecule has 0 aliphatic rings. The quantitative estimate of drug-likeness (QED) is 0.733. The third-order valence-electron chi connectivity index (χ3n) is 3.15. The molecule has 0 aliphatic carbocycles. The molecule has 0 saturated heterocycles. The summed E-state index contributed by atoms with van der Waals surface area (Å²) in [6.45, 7) is 6.51. The second-order valence-electron chi connectivity index (χ2n) is 4.89.